The Morgan fingerprint density at radius 1 is 0.833 bits per heavy atom. The summed E-state index contributed by atoms with van der Waals surface area (Å²) in [6.45, 7) is 4.07. The van der Waals surface area contributed by atoms with Gasteiger partial charge in [-0.25, -0.2) is 4.98 Å². The van der Waals surface area contributed by atoms with Gasteiger partial charge < -0.3 is 0 Å². The van der Waals surface area contributed by atoms with Gasteiger partial charge in [-0.05, 0) is 53.8 Å². The van der Waals surface area contributed by atoms with E-state index >= 15 is 0 Å². The van der Waals surface area contributed by atoms with Crippen LogP contribution in [0.3, 0.4) is 0 Å². The topological polar surface area (TPSA) is 113 Å². The first-order chi connectivity index (χ1) is 17.5. The summed E-state index contributed by atoms with van der Waals surface area (Å²) in [6, 6.07) is 23.3. The second-order valence-electron chi connectivity index (χ2n) is 8.24. The van der Waals surface area contributed by atoms with Gasteiger partial charge >= 0.3 is 0 Å². The molecule has 1 aliphatic rings. The lowest BCUT2D eigenvalue weighted by atomic mass is 9.95. The van der Waals surface area contributed by atoms with E-state index in [-0.39, 0.29) is 11.1 Å². The molecule has 0 bridgehead atoms. The fraction of sp³-hybridized carbons (Fsp3) is 0.0690. The molecule has 5 rings (SSSR count). The SMILES string of the molecule is Cc1cccc(C)c1-n1c(C=C2C(=C(C#N)C#N)c3ccccc3C2=C(C#N)C#N)cc2scnc21. The predicted octanol–water partition coefficient (Wildman–Crippen LogP) is 6.40. The average Bonchev–Trinajstić information content (AvgIpc) is 3.55. The second-order valence-corrected chi connectivity index (χ2v) is 9.12. The third-order valence-electron chi connectivity index (χ3n) is 6.23. The number of aromatic nitrogens is 2. The molecule has 1 aliphatic carbocycles. The van der Waals surface area contributed by atoms with Crippen LogP contribution in [0, 0.1) is 59.2 Å². The van der Waals surface area contributed by atoms with Gasteiger partial charge in [0.1, 0.15) is 35.4 Å². The zero-order chi connectivity index (χ0) is 25.4. The van der Waals surface area contributed by atoms with E-state index < -0.39 is 0 Å². The van der Waals surface area contributed by atoms with Crippen LogP contribution in [0.2, 0.25) is 0 Å². The van der Waals surface area contributed by atoms with E-state index in [0.29, 0.717) is 27.8 Å². The molecule has 0 saturated heterocycles. The third-order valence-corrected chi connectivity index (χ3v) is 7.00. The normalized spacial score (nSPS) is 11.9. The number of fused-ring (bicyclic) bond motifs is 2. The molecule has 168 valence electrons. The van der Waals surface area contributed by atoms with Crippen LogP contribution in [0.15, 0.2) is 70.8 Å². The zero-order valence-corrected chi connectivity index (χ0v) is 20.2. The van der Waals surface area contributed by atoms with Gasteiger partial charge in [0.2, 0.25) is 0 Å². The molecule has 0 fully saturated rings. The number of nitrogens with zero attached hydrogens (tertiary/aromatic N) is 6. The van der Waals surface area contributed by atoms with Gasteiger partial charge in [0.15, 0.2) is 5.65 Å². The van der Waals surface area contributed by atoms with Gasteiger partial charge in [-0.1, -0.05) is 42.5 Å². The van der Waals surface area contributed by atoms with Crippen molar-refractivity contribution in [1.82, 2.24) is 9.55 Å². The van der Waals surface area contributed by atoms with E-state index in [1.165, 1.54) is 11.3 Å². The third kappa shape index (κ3) is 3.32. The van der Waals surface area contributed by atoms with Gasteiger partial charge in [0.25, 0.3) is 0 Å². The number of hydrogen-bond donors (Lipinski definition) is 0. The summed E-state index contributed by atoms with van der Waals surface area (Å²) < 4.78 is 3.02. The lowest BCUT2D eigenvalue weighted by Gasteiger charge is -2.15. The van der Waals surface area contributed by atoms with Crippen LogP contribution in [0.25, 0.3) is 33.3 Å². The number of allylic oxidation sites excluding steroid dienone is 5. The predicted molar refractivity (Wildman–Crippen MR) is 139 cm³/mol. The molecular formula is C29H16N6S. The lowest BCUT2D eigenvalue weighted by molar-refractivity contribution is 1.04. The minimum atomic E-state index is -0.0796. The van der Waals surface area contributed by atoms with Gasteiger partial charge in [-0.2, -0.15) is 21.0 Å². The van der Waals surface area contributed by atoms with Crippen molar-refractivity contribution in [3.8, 4) is 30.0 Å². The molecular weight excluding hydrogens is 464 g/mol. The van der Waals surface area contributed by atoms with E-state index in [1.54, 1.807) is 17.6 Å². The standard InChI is InChI=1S/C29H16N6S/c1-17-6-5-7-18(2)28(17)35-21(11-25-29(35)34-16-36-25)10-24-26(19(12-30)13-31)22-8-3-4-9-23(22)27(24)20(14-32)15-33/h3-11,16H,1-2H3. The summed E-state index contributed by atoms with van der Waals surface area (Å²) in [4.78, 5) is 4.60. The summed E-state index contributed by atoms with van der Waals surface area (Å²) in [5.74, 6) is 0. The Kier molecular flexibility index (Phi) is 5.56. The van der Waals surface area contributed by atoms with Crippen LogP contribution in [0.5, 0.6) is 0 Å². The number of rotatable bonds is 2. The molecule has 0 N–H and O–H groups in total. The highest BCUT2D eigenvalue weighted by atomic mass is 32.1. The first-order valence-corrected chi connectivity index (χ1v) is 11.8. The largest absolute Gasteiger partial charge is 0.293 e. The minimum absolute atomic E-state index is 0.0796. The number of para-hydroxylation sites is 1. The first-order valence-electron chi connectivity index (χ1n) is 11.0. The quantitative estimate of drug-likeness (QED) is 0.308. The molecule has 36 heavy (non-hydrogen) atoms. The molecule has 0 radical (unpaired) electrons. The van der Waals surface area contributed by atoms with Crippen LogP contribution in [0.1, 0.15) is 27.9 Å². The Hall–Kier alpha value is -5.21. The first kappa shape index (κ1) is 22.6. The number of benzene rings is 2. The number of aryl methyl sites for hydroxylation is 2. The van der Waals surface area contributed by atoms with Crippen molar-refractivity contribution >= 4 is 38.9 Å². The highest BCUT2D eigenvalue weighted by Gasteiger charge is 2.32. The molecule has 0 aliphatic heterocycles. The Labute approximate surface area is 211 Å². The molecule has 0 spiro atoms. The Morgan fingerprint density at radius 3 is 1.92 bits per heavy atom. The summed E-state index contributed by atoms with van der Waals surface area (Å²) >= 11 is 1.51. The summed E-state index contributed by atoms with van der Waals surface area (Å²) in [5.41, 5.74) is 8.91. The molecule has 0 unspecified atom stereocenters. The maximum atomic E-state index is 9.80. The van der Waals surface area contributed by atoms with Crippen LogP contribution in [0.4, 0.5) is 0 Å². The van der Waals surface area contributed by atoms with E-state index in [4.69, 9.17) is 0 Å². The van der Waals surface area contributed by atoms with E-state index in [9.17, 15) is 21.0 Å². The van der Waals surface area contributed by atoms with Crippen molar-refractivity contribution in [3.63, 3.8) is 0 Å². The van der Waals surface area contributed by atoms with E-state index in [1.807, 2.05) is 80.6 Å². The maximum absolute atomic E-state index is 9.80. The molecule has 2 heterocycles. The van der Waals surface area contributed by atoms with E-state index in [2.05, 4.69) is 9.55 Å². The molecule has 2 aromatic carbocycles. The van der Waals surface area contributed by atoms with Gasteiger partial charge in [0, 0.05) is 16.8 Å². The van der Waals surface area contributed by atoms with Gasteiger partial charge in [-0.15, -0.1) is 11.3 Å². The number of thiazole rings is 1. The van der Waals surface area contributed by atoms with E-state index in [0.717, 1.165) is 32.9 Å². The number of hydrogen-bond acceptors (Lipinski definition) is 6. The molecule has 6 nitrogen and oxygen atoms in total. The molecule has 0 amide bonds. The molecule has 2 aromatic heterocycles. The van der Waals surface area contributed by atoms with Crippen LogP contribution in [-0.4, -0.2) is 9.55 Å². The zero-order valence-electron chi connectivity index (χ0n) is 19.4. The number of nitriles is 4. The van der Waals surface area contributed by atoms with Crippen molar-refractivity contribution in [2.45, 2.75) is 13.8 Å². The van der Waals surface area contributed by atoms with Crippen molar-refractivity contribution in [1.29, 1.82) is 21.0 Å². The van der Waals surface area contributed by atoms with Gasteiger partial charge in [0.05, 0.1) is 15.9 Å². The minimum Gasteiger partial charge on any atom is -0.293 e. The van der Waals surface area contributed by atoms with Crippen LogP contribution in [-0.2, 0) is 0 Å². The fourth-order valence-electron chi connectivity index (χ4n) is 4.78. The van der Waals surface area contributed by atoms with Crippen molar-refractivity contribution in [2.24, 2.45) is 0 Å². The Bertz CT molecular complexity index is 1720. The van der Waals surface area contributed by atoms with Crippen molar-refractivity contribution in [2.75, 3.05) is 0 Å². The highest BCUT2D eigenvalue weighted by molar-refractivity contribution is 7.16. The summed E-state index contributed by atoms with van der Waals surface area (Å²) in [5, 5.41) is 39.2. The summed E-state index contributed by atoms with van der Waals surface area (Å²) in [6.07, 6.45) is 1.86. The van der Waals surface area contributed by atoms with Gasteiger partial charge in [-0.3, -0.25) is 4.57 Å². The highest BCUT2D eigenvalue weighted by Crippen LogP contribution is 2.49. The maximum Gasteiger partial charge on any atom is 0.156 e. The smallest absolute Gasteiger partial charge is 0.156 e. The second kappa shape index (κ2) is 8.86. The molecule has 4 aromatic rings. The Morgan fingerprint density at radius 2 is 1.39 bits per heavy atom. The lowest BCUT2D eigenvalue weighted by Crippen LogP contribution is -2.03. The monoisotopic (exact) mass is 480 g/mol. The van der Waals surface area contributed by atoms with Crippen LogP contribution < -0.4 is 0 Å². The molecule has 0 atom stereocenters. The fourth-order valence-corrected chi connectivity index (χ4v) is 5.48. The average molecular weight is 481 g/mol. The Balaban J connectivity index is 1.94. The van der Waals surface area contributed by atoms with Crippen molar-refractivity contribution < 1.29 is 0 Å². The van der Waals surface area contributed by atoms with Crippen LogP contribution >= 0.6 is 11.3 Å². The van der Waals surface area contributed by atoms with Crippen molar-refractivity contribution in [3.05, 3.63) is 98.7 Å². The molecule has 0 saturated carbocycles. The molecule has 7 heteroatoms. The summed E-state index contributed by atoms with van der Waals surface area (Å²) in [7, 11) is 0.